The maximum absolute atomic E-state index is 8.60. The van der Waals surface area contributed by atoms with E-state index in [1.807, 2.05) is 0 Å². The van der Waals surface area contributed by atoms with Crippen LogP contribution >= 0.6 is 0 Å². The summed E-state index contributed by atoms with van der Waals surface area (Å²) in [5.74, 6) is 0. The summed E-state index contributed by atoms with van der Waals surface area (Å²) in [5.41, 5.74) is 0. The molecule has 0 saturated heterocycles. The molecule has 92 valence electrons. The van der Waals surface area contributed by atoms with E-state index in [1.54, 1.807) is 0 Å². The van der Waals surface area contributed by atoms with Crippen LogP contribution in [0.5, 0.6) is 0 Å². The summed E-state index contributed by atoms with van der Waals surface area (Å²) in [6.45, 7) is 3.90. The van der Waals surface area contributed by atoms with Gasteiger partial charge in [-0.2, -0.15) is 0 Å². The maximum Gasteiger partial charge on any atom is 0.151 e. The first-order valence-electron chi connectivity index (χ1n) is 6.21. The average Bonchev–Trinajstić information content (AvgIpc) is 2.20. The minimum absolute atomic E-state index is 0.483. The van der Waals surface area contributed by atoms with Gasteiger partial charge in [-0.05, 0) is 25.7 Å². The lowest BCUT2D eigenvalue weighted by molar-refractivity contribution is -0.0468. The van der Waals surface area contributed by atoms with Gasteiger partial charge in [0.05, 0.1) is 0 Å². The van der Waals surface area contributed by atoms with Crippen LogP contribution < -0.4 is 0 Å². The van der Waals surface area contributed by atoms with Gasteiger partial charge in [-0.3, -0.25) is 0 Å². The predicted octanol–water partition coefficient (Wildman–Crippen LogP) is 2.45. The molecule has 0 spiro atoms. The molecule has 0 saturated carbocycles. The van der Waals surface area contributed by atoms with Crippen LogP contribution in [0, 0.1) is 0 Å². The van der Waals surface area contributed by atoms with Crippen molar-refractivity contribution in [1.82, 2.24) is 0 Å². The Balaban J connectivity index is 2.87. The number of aliphatic hydroxyl groups excluding tert-OH is 1. The van der Waals surface area contributed by atoms with Crippen LogP contribution in [0.1, 0.15) is 58.3 Å². The molecule has 0 unspecified atom stereocenters. The van der Waals surface area contributed by atoms with Crippen LogP contribution in [0.25, 0.3) is 0 Å². The first kappa shape index (κ1) is 14.9. The molecule has 0 aliphatic rings. The second kappa shape index (κ2) is 12.0. The van der Waals surface area contributed by atoms with Gasteiger partial charge in [-0.15, -0.1) is 0 Å². The number of unbranched alkanes of at least 4 members (excludes halogenated alkanes) is 5. The topological polar surface area (TPSA) is 49.7 Å². The van der Waals surface area contributed by atoms with Crippen LogP contribution in [0.3, 0.4) is 0 Å². The summed E-state index contributed by atoms with van der Waals surface area (Å²) < 4.78 is 5.46. The molecular weight excluding hydrogens is 192 g/mol. The zero-order valence-electron chi connectivity index (χ0n) is 9.95. The van der Waals surface area contributed by atoms with Crippen molar-refractivity contribution in [3.8, 4) is 0 Å². The van der Waals surface area contributed by atoms with Crippen molar-refractivity contribution < 1.29 is 14.9 Å². The van der Waals surface area contributed by atoms with E-state index in [2.05, 4.69) is 6.92 Å². The Hall–Kier alpha value is -0.120. The largest absolute Gasteiger partial charge is 0.381 e. The molecule has 3 nitrogen and oxygen atoms in total. The molecule has 0 atom stereocenters. The summed E-state index contributed by atoms with van der Waals surface area (Å²) in [7, 11) is 0. The van der Waals surface area contributed by atoms with Gasteiger partial charge < -0.3 is 14.9 Å². The second-order valence-electron chi connectivity index (χ2n) is 4.00. The fourth-order valence-corrected chi connectivity index (χ4v) is 1.44. The number of hydrogen-bond acceptors (Lipinski definition) is 3. The molecule has 0 bridgehead atoms. The van der Waals surface area contributed by atoms with Crippen LogP contribution in [0.4, 0.5) is 0 Å². The van der Waals surface area contributed by atoms with Gasteiger partial charge in [-0.25, -0.2) is 0 Å². The third-order valence-electron chi connectivity index (χ3n) is 2.39. The minimum Gasteiger partial charge on any atom is -0.381 e. The molecule has 0 amide bonds. The first-order valence-corrected chi connectivity index (χ1v) is 6.21. The van der Waals surface area contributed by atoms with E-state index in [1.165, 1.54) is 25.7 Å². The number of rotatable bonds is 11. The standard InChI is InChI=1S/C12H26O3/c1-2-3-4-7-10-15-11-8-5-6-9-12(13)14/h12-14H,2-11H2,1H3. The summed E-state index contributed by atoms with van der Waals surface area (Å²) in [6.07, 6.45) is 7.28. The number of aliphatic hydroxyl groups is 2. The van der Waals surface area contributed by atoms with Crippen molar-refractivity contribution in [2.45, 2.75) is 64.6 Å². The Kier molecular flexibility index (Phi) is 11.9. The SMILES string of the molecule is CCCCCCOCCCCCC(O)O. The Morgan fingerprint density at radius 1 is 0.867 bits per heavy atom. The molecule has 15 heavy (non-hydrogen) atoms. The molecular formula is C12H26O3. The Morgan fingerprint density at radius 2 is 1.47 bits per heavy atom. The van der Waals surface area contributed by atoms with Gasteiger partial charge >= 0.3 is 0 Å². The van der Waals surface area contributed by atoms with Crippen molar-refractivity contribution in [1.29, 1.82) is 0 Å². The second-order valence-corrected chi connectivity index (χ2v) is 4.00. The average molecular weight is 218 g/mol. The van der Waals surface area contributed by atoms with E-state index in [4.69, 9.17) is 14.9 Å². The molecule has 0 rings (SSSR count). The lowest BCUT2D eigenvalue weighted by atomic mass is 10.2. The maximum atomic E-state index is 8.60. The molecule has 3 heteroatoms. The Morgan fingerprint density at radius 3 is 2.00 bits per heavy atom. The molecule has 0 aliphatic carbocycles. The van der Waals surface area contributed by atoms with E-state index in [0.717, 1.165) is 32.5 Å². The lowest BCUT2D eigenvalue weighted by Crippen LogP contribution is -2.03. The van der Waals surface area contributed by atoms with Gasteiger partial charge in [0, 0.05) is 13.2 Å². The van der Waals surface area contributed by atoms with E-state index in [9.17, 15) is 0 Å². The highest BCUT2D eigenvalue weighted by Crippen LogP contribution is 2.03. The highest BCUT2D eigenvalue weighted by atomic mass is 16.5. The quantitative estimate of drug-likeness (QED) is 0.414. The van der Waals surface area contributed by atoms with Gasteiger partial charge in [-0.1, -0.05) is 32.6 Å². The Bertz CT molecular complexity index is 115. The van der Waals surface area contributed by atoms with Crippen LogP contribution in [-0.4, -0.2) is 29.7 Å². The summed E-state index contributed by atoms with van der Waals surface area (Å²) in [6, 6.07) is 0. The van der Waals surface area contributed by atoms with E-state index in [-0.39, 0.29) is 0 Å². The third-order valence-corrected chi connectivity index (χ3v) is 2.39. The molecule has 0 aromatic heterocycles. The van der Waals surface area contributed by atoms with Crippen LogP contribution in [0.2, 0.25) is 0 Å². The van der Waals surface area contributed by atoms with E-state index >= 15 is 0 Å². The van der Waals surface area contributed by atoms with Crippen molar-refractivity contribution in [3.05, 3.63) is 0 Å². The lowest BCUT2D eigenvalue weighted by Gasteiger charge is -2.05. The van der Waals surface area contributed by atoms with Crippen molar-refractivity contribution in [2.24, 2.45) is 0 Å². The highest BCUT2D eigenvalue weighted by molar-refractivity contribution is 4.44. The Labute approximate surface area is 93.5 Å². The number of hydrogen-bond donors (Lipinski definition) is 2. The molecule has 0 heterocycles. The van der Waals surface area contributed by atoms with Crippen molar-refractivity contribution >= 4 is 0 Å². The molecule has 0 aromatic carbocycles. The van der Waals surface area contributed by atoms with E-state index < -0.39 is 6.29 Å². The normalized spacial score (nSPS) is 11.2. The van der Waals surface area contributed by atoms with Crippen molar-refractivity contribution in [2.75, 3.05) is 13.2 Å². The fourth-order valence-electron chi connectivity index (χ4n) is 1.44. The summed E-state index contributed by atoms with van der Waals surface area (Å²) in [5, 5.41) is 17.2. The highest BCUT2D eigenvalue weighted by Gasteiger charge is 1.96. The van der Waals surface area contributed by atoms with Gasteiger partial charge in [0.1, 0.15) is 0 Å². The predicted molar refractivity (Wildman–Crippen MR) is 61.7 cm³/mol. The minimum atomic E-state index is -1.14. The third kappa shape index (κ3) is 13.9. The molecule has 0 aliphatic heterocycles. The van der Waals surface area contributed by atoms with Gasteiger partial charge in [0.2, 0.25) is 0 Å². The molecule has 0 fully saturated rings. The van der Waals surface area contributed by atoms with Crippen LogP contribution in [0.15, 0.2) is 0 Å². The zero-order chi connectivity index (χ0) is 11.4. The summed E-state index contributed by atoms with van der Waals surface area (Å²) in [4.78, 5) is 0. The zero-order valence-corrected chi connectivity index (χ0v) is 9.95. The number of ether oxygens (including phenoxy) is 1. The molecule has 0 aromatic rings. The smallest absolute Gasteiger partial charge is 0.151 e. The van der Waals surface area contributed by atoms with Crippen LogP contribution in [-0.2, 0) is 4.74 Å². The summed E-state index contributed by atoms with van der Waals surface area (Å²) >= 11 is 0. The first-order chi connectivity index (χ1) is 7.27. The molecule has 0 radical (unpaired) electrons. The van der Waals surface area contributed by atoms with Gasteiger partial charge in [0.25, 0.3) is 0 Å². The van der Waals surface area contributed by atoms with Crippen molar-refractivity contribution in [3.63, 3.8) is 0 Å². The van der Waals surface area contributed by atoms with E-state index in [0.29, 0.717) is 6.42 Å². The fraction of sp³-hybridized carbons (Fsp3) is 1.00. The monoisotopic (exact) mass is 218 g/mol. The molecule has 2 N–H and O–H groups in total. The van der Waals surface area contributed by atoms with Gasteiger partial charge in [0.15, 0.2) is 6.29 Å².